The van der Waals surface area contributed by atoms with Crippen LogP contribution in [-0.2, 0) is 0 Å². The zero-order valence-corrected chi connectivity index (χ0v) is 10.3. The van der Waals surface area contributed by atoms with Gasteiger partial charge in [-0.15, -0.1) is 0 Å². The summed E-state index contributed by atoms with van der Waals surface area (Å²) in [6, 6.07) is 7.70. The maximum absolute atomic E-state index is 5.77. The molecule has 0 radical (unpaired) electrons. The van der Waals surface area contributed by atoms with Gasteiger partial charge in [0.05, 0.1) is 0 Å². The zero-order chi connectivity index (χ0) is 12.4. The third kappa shape index (κ3) is 2.21. The number of hydrogen-bond acceptors (Lipinski definition) is 3. The highest BCUT2D eigenvalue weighted by molar-refractivity contribution is 5.60. The molecule has 18 heavy (non-hydrogen) atoms. The Morgan fingerprint density at radius 3 is 2.44 bits per heavy atom. The molecular formula is C15H17N3. The minimum atomic E-state index is 0.667. The molecule has 0 saturated heterocycles. The summed E-state index contributed by atoms with van der Waals surface area (Å²) in [5.41, 5.74) is 8.77. The largest absolute Gasteiger partial charge is 0.399 e. The molecule has 1 aromatic heterocycles. The van der Waals surface area contributed by atoms with Gasteiger partial charge in [-0.05, 0) is 36.5 Å². The molecule has 1 fully saturated rings. The van der Waals surface area contributed by atoms with Gasteiger partial charge in [-0.2, -0.15) is 0 Å². The first-order valence-corrected chi connectivity index (χ1v) is 6.51. The van der Waals surface area contributed by atoms with Gasteiger partial charge in [0.1, 0.15) is 0 Å². The number of rotatable bonds is 2. The van der Waals surface area contributed by atoms with E-state index >= 15 is 0 Å². The average molecular weight is 239 g/mol. The van der Waals surface area contributed by atoms with Gasteiger partial charge in [0.25, 0.3) is 0 Å². The first-order valence-electron chi connectivity index (χ1n) is 6.51. The summed E-state index contributed by atoms with van der Waals surface area (Å²) in [5, 5.41) is 0. The molecule has 1 aromatic carbocycles. The van der Waals surface area contributed by atoms with Gasteiger partial charge >= 0.3 is 0 Å². The molecular weight excluding hydrogens is 222 g/mol. The number of hydrogen-bond donors (Lipinski definition) is 1. The Bertz CT molecular complexity index is 528. The van der Waals surface area contributed by atoms with Crippen LogP contribution in [0.5, 0.6) is 0 Å². The summed E-state index contributed by atoms with van der Waals surface area (Å²) in [6.45, 7) is 0. The van der Waals surface area contributed by atoms with Crippen molar-refractivity contribution in [3.63, 3.8) is 0 Å². The molecule has 1 heterocycles. The van der Waals surface area contributed by atoms with Crippen molar-refractivity contribution >= 4 is 5.69 Å². The lowest BCUT2D eigenvalue weighted by atomic mass is 10.0. The van der Waals surface area contributed by atoms with Gasteiger partial charge in [-0.1, -0.05) is 25.0 Å². The summed E-state index contributed by atoms with van der Waals surface area (Å²) in [7, 11) is 0. The number of nitrogens with two attached hydrogens (primary N) is 1. The molecule has 0 aliphatic heterocycles. The highest BCUT2D eigenvalue weighted by Gasteiger charge is 2.17. The minimum Gasteiger partial charge on any atom is -0.399 e. The van der Waals surface area contributed by atoms with Crippen molar-refractivity contribution in [2.24, 2.45) is 0 Å². The molecule has 0 bridgehead atoms. The molecule has 3 rings (SSSR count). The van der Waals surface area contributed by atoms with Crippen LogP contribution >= 0.6 is 0 Å². The van der Waals surface area contributed by atoms with E-state index in [9.17, 15) is 0 Å². The molecule has 1 aliphatic rings. The van der Waals surface area contributed by atoms with Crippen molar-refractivity contribution < 1.29 is 0 Å². The predicted octanol–water partition coefficient (Wildman–Crippen LogP) is 3.38. The topological polar surface area (TPSA) is 51.8 Å². The normalized spacial score (nSPS) is 16.0. The zero-order valence-electron chi connectivity index (χ0n) is 10.3. The second-order valence-corrected chi connectivity index (χ2v) is 4.95. The molecule has 1 aliphatic carbocycles. The average Bonchev–Trinajstić information content (AvgIpc) is 2.93. The fourth-order valence-electron chi connectivity index (χ4n) is 2.63. The van der Waals surface area contributed by atoms with Crippen LogP contribution in [0.25, 0.3) is 11.4 Å². The molecule has 0 unspecified atom stereocenters. The summed E-state index contributed by atoms with van der Waals surface area (Å²) >= 11 is 0. The summed E-state index contributed by atoms with van der Waals surface area (Å²) in [6.07, 6.45) is 9.17. The van der Waals surface area contributed by atoms with E-state index in [1.54, 1.807) is 0 Å². The molecule has 1 saturated carbocycles. The predicted molar refractivity (Wildman–Crippen MR) is 73.1 cm³/mol. The molecule has 3 nitrogen and oxygen atoms in total. The second-order valence-electron chi connectivity index (χ2n) is 4.95. The van der Waals surface area contributed by atoms with Crippen LogP contribution in [0.4, 0.5) is 5.69 Å². The molecule has 2 aromatic rings. The third-order valence-corrected chi connectivity index (χ3v) is 3.64. The van der Waals surface area contributed by atoms with Crippen LogP contribution in [0.15, 0.2) is 36.7 Å². The van der Waals surface area contributed by atoms with E-state index in [0.717, 1.165) is 17.1 Å². The van der Waals surface area contributed by atoms with E-state index in [4.69, 9.17) is 5.73 Å². The van der Waals surface area contributed by atoms with Gasteiger partial charge in [-0.25, -0.2) is 9.97 Å². The van der Waals surface area contributed by atoms with Crippen molar-refractivity contribution in [1.82, 2.24) is 9.97 Å². The van der Waals surface area contributed by atoms with E-state index in [2.05, 4.69) is 9.97 Å². The Hall–Kier alpha value is -1.90. The third-order valence-electron chi connectivity index (χ3n) is 3.64. The fraction of sp³-hybridized carbons (Fsp3) is 0.333. The number of nitrogen functional groups attached to an aromatic ring is 1. The molecule has 2 N–H and O–H groups in total. The smallest absolute Gasteiger partial charge is 0.159 e. The maximum Gasteiger partial charge on any atom is 0.159 e. The quantitative estimate of drug-likeness (QED) is 0.817. The summed E-state index contributed by atoms with van der Waals surface area (Å²) < 4.78 is 0. The number of nitrogens with zero attached hydrogens (tertiary/aromatic N) is 2. The number of aromatic nitrogens is 2. The SMILES string of the molecule is Nc1cccc(-c2ncc(C3CCCC3)cn2)c1. The number of anilines is 1. The minimum absolute atomic E-state index is 0.667. The van der Waals surface area contributed by atoms with Crippen molar-refractivity contribution in [1.29, 1.82) is 0 Å². The van der Waals surface area contributed by atoms with E-state index in [0.29, 0.717) is 5.92 Å². The van der Waals surface area contributed by atoms with E-state index in [1.165, 1.54) is 31.2 Å². The van der Waals surface area contributed by atoms with Crippen LogP contribution in [0.3, 0.4) is 0 Å². The Morgan fingerprint density at radius 1 is 1.06 bits per heavy atom. The molecule has 0 atom stereocenters. The van der Waals surface area contributed by atoms with Gasteiger partial charge in [0.2, 0.25) is 0 Å². The van der Waals surface area contributed by atoms with E-state index in [-0.39, 0.29) is 0 Å². The van der Waals surface area contributed by atoms with Crippen LogP contribution in [0.2, 0.25) is 0 Å². The van der Waals surface area contributed by atoms with Crippen LogP contribution in [-0.4, -0.2) is 9.97 Å². The van der Waals surface area contributed by atoms with Gasteiger partial charge < -0.3 is 5.73 Å². The first kappa shape index (κ1) is 11.2. The van der Waals surface area contributed by atoms with Gasteiger partial charge in [0.15, 0.2) is 5.82 Å². The lowest BCUT2D eigenvalue weighted by Gasteiger charge is -2.08. The fourth-order valence-corrected chi connectivity index (χ4v) is 2.63. The Labute approximate surface area is 107 Å². The highest BCUT2D eigenvalue weighted by atomic mass is 14.9. The summed E-state index contributed by atoms with van der Waals surface area (Å²) in [5.74, 6) is 1.42. The summed E-state index contributed by atoms with van der Waals surface area (Å²) in [4.78, 5) is 8.94. The van der Waals surface area contributed by atoms with Crippen LogP contribution < -0.4 is 5.73 Å². The Kier molecular flexibility index (Phi) is 2.97. The monoisotopic (exact) mass is 239 g/mol. The van der Waals surface area contributed by atoms with E-state index in [1.807, 2.05) is 36.7 Å². The first-order chi connectivity index (χ1) is 8.83. The molecule has 3 heteroatoms. The highest BCUT2D eigenvalue weighted by Crippen LogP contribution is 2.33. The van der Waals surface area contributed by atoms with Crippen LogP contribution in [0, 0.1) is 0 Å². The van der Waals surface area contributed by atoms with Crippen LogP contribution in [0.1, 0.15) is 37.2 Å². The van der Waals surface area contributed by atoms with Crippen molar-refractivity contribution in [3.05, 3.63) is 42.2 Å². The lowest BCUT2D eigenvalue weighted by Crippen LogP contribution is -1.97. The molecule has 0 amide bonds. The van der Waals surface area contributed by atoms with Gasteiger partial charge in [-0.3, -0.25) is 0 Å². The Morgan fingerprint density at radius 2 is 1.78 bits per heavy atom. The molecule has 92 valence electrons. The van der Waals surface area contributed by atoms with Crippen molar-refractivity contribution in [2.75, 3.05) is 5.73 Å². The van der Waals surface area contributed by atoms with Crippen molar-refractivity contribution in [3.8, 4) is 11.4 Å². The Balaban J connectivity index is 1.86. The lowest BCUT2D eigenvalue weighted by molar-refractivity contribution is 0.714. The number of benzene rings is 1. The maximum atomic E-state index is 5.77. The standard InChI is InChI=1S/C15H17N3/c16-14-7-3-6-12(8-14)15-17-9-13(10-18-15)11-4-1-2-5-11/h3,6-11H,1-2,4-5,16H2. The van der Waals surface area contributed by atoms with E-state index < -0.39 is 0 Å². The molecule has 0 spiro atoms. The second kappa shape index (κ2) is 4.77. The van der Waals surface area contributed by atoms with Gasteiger partial charge in [0, 0.05) is 23.6 Å². The van der Waals surface area contributed by atoms with Crippen molar-refractivity contribution in [2.45, 2.75) is 31.6 Å².